The van der Waals surface area contributed by atoms with Crippen LogP contribution in [0.3, 0.4) is 0 Å². The maximum absolute atomic E-state index is 11.1. The number of hydrogen-bond donors (Lipinski definition) is 1. The molecule has 0 aliphatic rings. The highest BCUT2D eigenvalue weighted by Gasteiger charge is 1.90. The third kappa shape index (κ3) is 2.77. The van der Waals surface area contributed by atoms with Gasteiger partial charge in [0.15, 0.2) is 0 Å². The summed E-state index contributed by atoms with van der Waals surface area (Å²) in [6.07, 6.45) is 2.37. The van der Waals surface area contributed by atoms with Crippen molar-refractivity contribution in [2.45, 2.75) is 6.42 Å². The highest BCUT2D eigenvalue weighted by Crippen LogP contribution is 1.90. The molecule has 0 bridgehead atoms. The number of nitrogens with two attached hydrogens (primary N) is 1. The third-order valence-corrected chi connectivity index (χ3v) is 1.61. The van der Waals surface area contributed by atoms with Gasteiger partial charge in [-0.3, -0.25) is 4.79 Å². The number of hydrogen-bond acceptors (Lipinski definition) is 2. The fourth-order valence-electron chi connectivity index (χ4n) is 0.863. The van der Waals surface area contributed by atoms with Crippen LogP contribution < -0.4 is 11.3 Å². The minimum Gasteiger partial charge on any atom is -0.330 e. The molecule has 0 amide bonds. The summed E-state index contributed by atoms with van der Waals surface area (Å²) in [7, 11) is 1.71. The largest absolute Gasteiger partial charge is 0.330 e. The van der Waals surface area contributed by atoms with Crippen molar-refractivity contribution in [3.05, 3.63) is 34.2 Å². The predicted molar refractivity (Wildman–Crippen MR) is 52.2 cm³/mol. The van der Waals surface area contributed by atoms with Crippen molar-refractivity contribution in [3.63, 3.8) is 0 Å². The molecule has 0 fully saturated rings. The van der Waals surface area contributed by atoms with E-state index in [0.717, 1.165) is 5.56 Å². The van der Waals surface area contributed by atoms with Gasteiger partial charge in [-0.1, -0.05) is 11.8 Å². The van der Waals surface area contributed by atoms with Gasteiger partial charge < -0.3 is 10.3 Å². The van der Waals surface area contributed by atoms with Crippen LogP contribution in [0.1, 0.15) is 12.0 Å². The van der Waals surface area contributed by atoms with E-state index in [1.807, 2.05) is 6.07 Å². The van der Waals surface area contributed by atoms with Crippen LogP contribution in [0.15, 0.2) is 23.1 Å². The Bertz CT molecular complexity index is 395. The molecule has 0 unspecified atom stereocenters. The lowest BCUT2D eigenvalue weighted by atomic mass is 10.2. The first-order valence-electron chi connectivity index (χ1n) is 4.09. The molecule has 3 heteroatoms. The molecule has 13 heavy (non-hydrogen) atoms. The van der Waals surface area contributed by atoms with E-state index in [1.165, 1.54) is 10.6 Å². The molecule has 0 aliphatic carbocycles. The van der Waals surface area contributed by atoms with Gasteiger partial charge >= 0.3 is 0 Å². The van der Waals surface area contributed by atoms with E-state index in [-0.39, 0.29) is 5.56 Å². The fraction of sp³-hybridized carbons (Fsp3) is 0.300. The van der Waals surface area contributed by atoms with Crippen LogP contribution in [0.2, 0.25) is 0 Å². The monoisotopic (exact) mass is 176 g/mol. The van der Waals surface area contributed by atoms with Gasteiger partial charge in [0.05, 0.1) is 0 Å². The standard InChI is InChI=1S/C10H12N2O/c1-12-7-5-9(8-10(12)13)4-2-3-6-11/h5,7-8H,3,6,11H2,1H3. The number of aromatic nitrogens is 1. The summed E-state index contributed by atoms with van der Waals surface area (Å²) < 4.78 is 1.51. The molecule has 1 aromatic rings. The topological polar surface area (TPSA) is 48.0 Å². The molecule has 1 heterocycles. The number of rotatable bonds is 1. The van der Waals surface area contributed by atoms with Crippen molar-refractivity contribution in [1.29, 1.82) is 0 Å². The molecule has 0 radical (unpaired) electrons. The third-order valence-electron chi connectivity index (χ3n) is 1.61. The summed E-state index contributed by atoms with van der Waals surface area (Å²) in [6, 6.07) is 3.33. The Morgan fingerprint density at radius 2 is 2.38 bits per heavy atom. The zero-order valence-electron chi connectivity index (χ0n) is 7.58. The van der Waals surface area contributed by atoms with Crippen LogP contribution in [-0.4, -0.2) is 11.1 Å². The SMILES string of the molecule is Cn1ccc(C#CCCN)cc1=O. The fourth-order valence-corrected chi connectivity index (χ4v) is 0.863. The van der Waals surface area contributed by atoms with Crippen LogP contribution in [0.4, 0.5) is 0 Å². The van der Waals surface area contributed by atoms with Gasteiger partial charge in [0.1, 0.15) is 0 Å². The molecule has 68 valence electrons. The maximum atomic E-state index is 11.1. The number of pyridine rings is 1. The smallest absolute Gasteiger partial charge is 0.251 e. The average molecular weight is 176 g/mol. The van der Waals surface area contributed by atoms with E-state index in [4.69, 9.17) is 5.73 Å². The quantitative estimate of drug-likeness (QED) is 0.616. The second-order valence-corrected chi connectivity index (χ2v) is 2.71. The van der Waals surface area contributed by atoms with Gasteiger partial charge in [-0.05, 0) is 6.07 Å². The highest BCUT2D eigenvalue weighted by atomic mass is 16.1. The Morgan fingerprint density at radius 1 is 1.62 bits per heavy atom. The van der Waals surface area contributed by atoms with Gasteiger partial charge in [0, 0.05) is 37.8 Å². The van der Waals surface area contributed by atoms with Gasteiger partial charge in [0.25, 0.3) is 5.56 Å². The van der Waals surface area contributed by atoms with Gasteiger partial charge in [-0.2, -0.15) is 0 Å². The molecule has 0 atom stereocenters. The lowest BCUT2D eigenvalue weighted by molar-refractivity contribution is 0.859. The summed E-state index contributed by atoms with van der Waals surface area (Å²) in [6.45, 7) is 0.553. The highest BCUT2D eigenvalue weighted by molar-refractivity contribution is 5.32. The predicted octanol–water partition coefficient (Wildman–Crippen LogP) is 0.0856. The first kappa shape index (κ1) is 9.56. The molecule has 0 saturated heterocycles. The minimum atomic E-state index is -0.0421. The molecule has 2 N–H and O–H groups in total. The molecule has 3 nitrogen and oxygen atoms in total. The molecular weight excluding hydrogens is 164 g/mol. The second kappa shape index (κ2) is 4.48. The van der Waals surface area contributed by atoms with Gasteiger partial charge in [0.2, 0.25) is 0 Å². The summed E-state index contributed by atoms with van der Waals surface area (Å²) in [5.74, 6) is 5.75. The molecular formula is C10H12N2O. The zero-order valence-corrected chi connectivity index (χ0v) is 7.58. The lowest BCUT2D eigenvalue weighted by Crippen LogP contribution is -2.14. The van der Waals surface area contributed by atoms with Crippen molar-refractivity contribution in [3.8, 4) is 11.8 Å². The van der Waals surface area contributed by atoms with E-state index >= 15 is 0 Å². The Kier molecular flexibility index (Phi) is 3.30. The van der Waals surface area contributed by atoms with Crippen molar-refractivity contribution >= 4 is 0 Å². The van der Waals surface area contributed by atoms with Crippen molar-refractivity contribution in [2.24, 2.45) is 12.8 Å². The summed E-state index contributed by atoms with van der Waals surface area (Å²) in [4.78, 5) is 11.1. The molecule has 1 aromatic heterocycles. The minimum absolute atomic E-state index is 0.0421. The van der Waals surface area contributed by atoms with Crippen LogP contribution in [0.5, 0.6) is 0 Å². The molecule has 1 rings (SSSR count). The molecule has 0 spiro atoms. The van der Waals surface area contributed by atoms with Gasteiger partial charge in [-0.25, -0.2) is 0 Å². The van der Waals surface area contributed by atoms with Crippen molar-refractivity contribution < 1.29 is 0 Å². The van der Waals surface area contributed by atoms with E-state index in [0.29, 0.717) is 13.0 Å². The number of nitrogens with zero attached hydrogens (tertiary/aromatic N) is 1. The Labute approximate surface area is 77.2 Å². The first-order chi connectivity index (χ1) is 6.24. The summed E-state index contributed by atoms with van der Waals surface area (Å²) in [5.41, 5.74) is 5.98. The molecule has 0 aliphatic heterocycles. The Balaban J connectivity index is 2.88. The summed E-state index contributed by atoms with van der Waals surface area (Å²) >= 11 is 0. The van der Waals surface area contributed by atoms with E-state index in [2.05, 4.69) is 11.8 Å². The van der Waals surface area contributed by atoms with Crippen LogP contribution >= 0.6 is 0 Å². The van der Waals surface area contributed by atoms with E-state index in [1.54, 1.807) is 13.2 Å². The van der Waals surface area contributed by atoms with E-state index in [9.17, 15) is 4.79 Å². The van der Waals surface area contributed by atoms with Crippen LogP contribution in [0, 0.1) is 11.8 Å². The summed E-state index contributed by atoms with van der Waals surface area (Å²) in [5, 5.41) is 0. The Morgan fingerprint density at radius 3 is 3.00 bits per heavy atom. The normalized spacial score (nSPS) is 9.08. The Hall–Kier alpha value is -1.53. The van der Waals surface area contributed by atoms with Crippen LogP contribution in [0.25, 0.3) is 0 Å². The second-order valence-electron chi connectivity index (χ2n) is 2.71. The van der Waals surface area contributed by atoms with Gasteiger partial charge in [-0.15, -0.1) is 0 Å². The van der Waals surface area contributed by atoms with Crippen LogP contribution in [-0.2, 0) is 7.05 Å². The van der Waals surface area contributed by atoms with E-state index < -0.39 is 0 Å². The van der Waals surface area contributed by atoms with Crippen molar-refractivity contribution in [1.82, 2.24) is 4.57 Å². The maximum Gasteiger partial charge on any atom is 0.251 e. The van der Waals surface area contributed by atoms with Crippen molar-refractivity contribution in [2.75, 3.05) is 6.54 Å². The zero-order chi connectivity index (χ0) is 9.68. The lowest BCUT2D eigenvalue weighted by Gasteiger charge is -1.94. The average Bonchev–Trinajstić information content (AvgIpc) is 2.12. The first-order valence-corrected chi connectivity index (χ1v) is 4.09. The number of aryl methyl sites for hydroxylation is 1. The molecule has 0 saturated carbocycles. The molecule has 0 aromatic carbocycles.